The van der Waals surface area contributed by atoms with Crippen molar-refractivity contribution >= 4 is 39.1 Å². The summed E-state index contributed by atoms with van der Waals surface area (Å²) < 4.78 is 31.6. The predicted molar refractivity (Wildman–Crippen MR) is 90.9 cm³/mol. The van der Waals surface area contributed by atoms with Crippen LogP contribution in [0, 0.1) is 0 Å². The molecule has 1 saturated heterocycles. The Bertz CT molecular complexity index is 867. The molecule has 2 aromatic rings. The summed E-state index contributed by atoms with van der Waals surface area (Å²) in [5.41, 5.74) is 0.0706. The lowest BCUT2D eigenvalue weighted by molar-refractivity contribution is 0.0854. The van der Waals surface area contributed by atoms with Gasteiger partial charge in [0.05, 0.1) is 34.7 Å². The van der Waals surface area contributed by atoms with Gasteiger partial charge in [-0.25, -0.2) is 12.7 Å². The van der Waals surface area contributed by atoms with Gasteiger partial charge in [0, 0.05) is 5.02 Å². The van der Waals surface area contributed by atoms with E-state index in [-0.39, 0.29) is 28.1 Å². The topological polar surface area (TPSA) is 67.0 Å². The molecule has 1 atom stereocenters. The lowest BCUT2D eigenvalue weighted by Gasteiger charge is -2.22. The van der Waals surface area contributed by atoms with Crippen molar-refractivity contribution in [3.05, 3.63) is 64.1 Å². The number of amides is 1. The SMILES string of the molecule is O=C(c1ccc(Cl)cc1Cl)N(CC1CO1)S(=O)(=O)c1ccccc1. The van der Waals surface area contributed by atoms with E-state index in [1.807, 2.05) is 0 Å². The third kappa shape index (κ3) is 3.57. The van der Waals surface area contributed by atoms with Crippen molar-refractivity contribution in [3.63, 3.8) is 0 Å². The number of carbonyl (C=O) groups excluding carboxylic acids is 1. The summed E-state index contributed by atoms with van der Waals surface area (Å²) in [6.07, 6.45) is -0.293. The van der Waals surface area contributed by atoms with Crippen LogP contribution in [0.15, 0.2) is 53.4 Å². The average Bonchev–Trinajstić information content (AvgIpc) is 3.37. The molecule has 1 amide bonds. The molecule has 0 N–H and O–H groups in total. The maximum atomic E-state index is 12.9. The first kappa shape index (κ1) is 17.2. The van der Waals surface area contributed by atoms with Crippen molar-refractivity contribution in [1.29, 1.82) is 0 Å². The summed E-state index contributed by atoms with van der Waals surface area (Å²) in [6.45, 7) is 0.359. The van der Waals surface area contributed by atoms with E-state index in [1.54, 1.807) is 18.2 Å². The van der Waals surface area contributed by atoms with Crippen LogP contribution in [0.5, 0.6) is 0 Å². The van der Waals surface area contributed by atoms with Gasteiger partial charge in [0.15, 0.2) is 0 Å². The van der Waals surface area contributed by atoms with Crippen molar-refractivity contribution in [2.75, 3.05) is 13.2 Å². The molecular weight excluding hydrogens is 373 g/mol. The second kappa shape index (κ2) is 6.72. The van der Waals surface area contributed by atoms with E-state index < -0.39 is 15.9 Å². The highest BCUT2D eigenvalue weighted by atomic mass is 35.5. The Morgan fingerprint density at radius 1 is 1.17 bits per heavy atom. The van der Waals surface area contributed by atoms with E-state index in [4.69, 9.17) is 27.9 Å². The number of benzene rings is 2. The zero-order valence-corrected chi connectivity index (χ0v) is 14.7. The number of nitrogens with zero attached hydrogens (tertiary/aromatic N) is 1. The van der Waals surface area contributed by atoms with Crippen LogP contribution >= 0.6 is 23.2 Å². The van der Waals surface area contributed by atoms with Crippen molar-refractivity contribution < 1.29 is 17.9 Å². The Balaban J connectivity index is 2.01. The normalized spacial score (nSPS) is 16.7. The first-order chi connectivity index (χ1) is 11.4. The molecule has 5 nitrogen and oxygen atoms in total. The molecular formula is C16H13Cl2NO4S. The number of sulfonamides is 1. The molecule has 1 unspecified atom stereocenters. The fourth-order valence-electron chi connectivity index (χ4n) is 2.17. The van der Waals surface area contributed by atoms with Crippen LogP contribution in [-0.2, 0) is 14.8 Å². The summed E-state index contributed by atoms with van der Waals surface area (Å²) in [5, 5.41) is 0.456. The lowest BCUT2D eigenvalue weighted by atomic mass is 10.2. The largest absolute Gasteiger partial charge is 0.371 e. The molecule has 126 valence electrons. The minimum absolute atomic E-state index is 0.0316. The van der Waals surface area contributed by atoms with Crippen LogP contribution in [0.4, 0.5) is 0 Å². The van der Waals surface area contributed by atoms with E-state index in [9.17, 15) is 13.2 Å². The first-order valence-electron chi connectivity index (χ1n) is 7.08. The maximum Gasteiger partial charge on any atom is 0.269 e. The molecule has 2 aromatic carbocycles. The van der Waals surface area contributed by atoms with Gasteiger partial charge in [0.2, 0.25) is 0 Å². The average molecular weight is 386 g/mol. The molecule has 1 aliphatic rings. The van der Waals surface area contributed by atoms with Crippen molar-refractivity contribution in [2.45, 2.75) is 11.0 Å². The van der Waals surface area contributed by atoms with Gasteiger partial charge in [0.1, 0.15) is 0 Å². The highest BCUT2D eigenvalue weighted by molar-refractivity contribution is 7.89. The number of epoxide rings is 1. The molecule has 0 aromatic heterocycles. The van der Waals surface area contributed by atoms with Gasteiger partial charge in [0.25, 0.3) is 15.9 Å². The predicted octanol–water partition coefficient (Wildman–Crippen LogP) is 3.22. The second-order valence-electron chi connectivity index (χ2n) is 5.23. The van der Waals surface area contributed by atoms with E-state index in [2.05, 4.69) is 0 Å². The maximum absolute atomic E-state index is 12.9. The Hall–Kier alpha value is -1.60. The molecule has 0 spiro atoms. The highest BCUT2D eigenvalue weighted by Gasteiger charge is 2.36. The smallest absolute Gasteiger partial charge is 0.269 e. The monoisotopic (exact) mass is 385 g/mol. The molecule has 8 heteroatoms. The van der Waals surface area contributed by atoms with Crippen LogP contribution in [-0.4, -0.2) is 37.9 Å². The number of hydrogen-bond donors (Lipinski definition) is 0. The first-order valence-corrected chi connectivity index (χ1v) is 9.28. The molecule has 0 bridgehead atoms. The zero-order valence-electron chi connectivity index (χ0n) is 12.4. The van der Waals surface area contributed by atoms with Gasteiger partial charge in [-0.05, 0) is 30.3 Å². The number of carbonyl (C=O) groups is 1. The molecule has 0 aliphatic carbocycles. The Labute approximate surface area is 149 Å². The number of halogens is 2. The van der Waals surface area contributed by atoms with E-state index in [0.717, 1.165) is 4.31 Å². The minimum atomic E-state index is -4.02. The molecule has 3 rings (SSSR count). The highest BCUT2D eigenvalue weighted by Crippen LogP contribution is 2.26. The quantitative estimate of drug-likeness (QED) is 0.740. The van der Waals surface area contributed by atoms with Crippen LogP contribution in [0.25, 0.3) is 0 Å². The standard InChI is InChI=1S/C16H13Cl2NO4S/c17-11-6-7-14(15(18)8-11)16(20)19(9-12-10-23-12)24(21,22)13-4-2-1-3-5-13/h1-8,12H,9-10H2. The number of rotatable bonds is 5. The summed E-state index contributed by atoms with van der Waals surface area (Å²) in [6, 6.07) is 12.1. The molecule has 1 aliphatic heterocycles. The van der Waals surface area contributed by atoms with Gasteiger partial charge in [-0.2, -0.15) is 0 Å². The molecule has 0 saturated carbocycles. The van der Waals surface area contributed by atoms with Crippen molar-refractivity contribution in [2.24, 2.45) is 0 Å². The summed E-state index contributed by atoms with van der Waals surface area (Å²) in [4.78, 5) is 12.9. The molecule has 1 fully saturated rings. The number of hydrogen-bond acceptors (Lipinski definition) is 4. The minimum Gasteiger partial charge on any atom is -0.371 e. The molecule has 0 radical (unpaired) electrons. The summed E-state index contributed by atoms with van der Waals surface area (Å²) >= 11 is 11.9. The van der Waals surface area contributed by atoms with Crippen LogP contribution < -0.4 is 0 Å². The Morgan fingerprint density at radius 3 is 2.42 bits per heavy atom. The third-order valence-corrected chi connectivity index (χ3v) is 5.80. The third-order valence-electron chi connectivity index (χ3n) is 3.49. The number of ether oxygens (including phenoxy) is 1. The second-order valence-corrected chi connectivity index (χ2v) is 7.94. The lowest BCUT2D eigenvalue weighted by Crippen LogP contribution is -2.39. The Kier molecular flexibility index (Phi) is 4.83. The summed E-state index contributed by atoms with van der Waals surface area (Å²) in [5.74, 6) is -0.712. The van der Waals surface area contributed by atoms with Gasteiger partial charge in [-0.1, -0.05) is 41.4 Å². The fourth-order valence-corrected chi connectivity index (χ4v) is 4.09. The van der Waals surface area contributed by atoms with Crippen LogP contribution in [0.3, 0.4) is 0 Å². The van der Waals surface area contributed by atoms with Gasteiger partial charge in [-0.3, -0.25) is 4.79 Å². The molecule has 24 heavy (non-hydrogen) atoms. The molecule has 1 heterocycles. The summed E-state index contributed by atoms with van der Waals surface area (Å²) in [7, 11) is -4.02. The Morgan fingerprint density at radius 2 is 1.83 bits per heavy atom. The van der Waals surface area contributed by atoms with E-state index in [0.29, 0.717) is 11.6 Å². The van der Waals surface area contributed by atoms with E-state index in [1.165, 1.54) is 30.3 Å². The van der Waals surface area contributed by atoms with Crippen molar-refractivity contribution in [3.8, 4) is 0 Å². The fraction of sp³-hybridized carbons (Fsp3) is 0.188. The zero-order chi connectivity index (χ0) is 17.3. The van der Waals surface area contributed by atoms with Gasteiger partial charge in [-0.15, -0.1) is 0 Å². The van der Waals surface area contributed by atoms with Crippen LogP contribution in [0.2, 0.25) is 10.0 Å². The van der Waals surface area contributed by atoms with Crippen LogP contribution in [0.1, 0.15) is 10.4 Å². The van der Waals surface area contributed by atoms with E-state index >= 15 is 0 Å². The van der Waals surface area contributed by atoms with Gasteiger partial charge >= 0.3 is 0 Å². The van der Waals surface area contributed by atoms with Gasteiger partial charge < -0.3 is 4.74 Å². The van der Waals surface area contributed by atoms with Crippen molar-refractivity contribution in [1.82, 2.24) is 4.31 Å².